The van der Waals surface area contributed by atoms with Crippen molar-refractivity contribution in [2.24, 2.45) is 0 Å². The summed E-state index contributed by atoms with van der Waals surface area (Å²) in [7, 11) is -3.70. The summed E-state index contributed by atoms with van der Waals surface area (Å²) in [5, 5.41) is 3.22. The minimum Gasteiger partial charge on any atom is -0.492 e. The highest BCUT2D eigenvalue weighted by Gasteiger charge is 2.31. The average Bonchev–Trinajstić information content (AvgIpc) is 2.63. The topological polar surface area (TPSA) is 75.7 Å². The van der Waals surface area contributed by atoms with E-state index in [2.05, 4.69) is 11.4 Å². The highest BCUT2D eigenvalue weighted by Crippen LogP contribution is 2.27. The third-order valence-corrected chi connectivity index (χ3v) is 6.19. The molecule has 2 rings (SSSR count). The van der Waals surface area contributed by atoms with Crippen molar-refractivity contribution in [3.63, 3.8) is 0 Å². The molecule has 0 aliphatic heterocycles. The molecule has 0 fully saturated rings. The molecule has 0 aliphatic carbocycles. The van der Waals surface area contributed by atoms with Crippen molar-refractivity contribution in [1.82, 2.24) is 5.32 Å². The zero-order valence-electron chi connectivity index (χ0n) is 18.0. The minimum atomic E-state index is -3.70. The zero-order valence-corrected chi connectivity index (χ0v) is 19.6. The fraction of sp³-hybridized carbons (Fsp3) is 0.409. The zero-order chi connectivity index (χ0) is 22.5. The Morgan fingerprint density at radius 3 is 2.30 bits per heavy atom. The molecule has 1 unspecified atom stereocenters. The molecule has 1 N–H and O–H groups in total. The van der Waals surface area contributed by atoms with E-state index in [4.69, 9.17) is 16.3 Å². The van der Waals surface area contributed by atoms with E-state index < -0.39 is 16.1 Å². The second-order valence-electron chi connectivity index (χ2n) is 7.38. The van der Waals surface area contributed by atoms with Gasteiger partial charge in [0.25, 0.3) is 0 Å². The van der Waals surface area contributed by atoms with Crippen LogP contribution in [0.4, 0.5) is 5.69 Å². The lowest BCUT2D eigenvalue weighted by molar-refractivity contribution is -0.122. The molecular formula is C22H29ClN2O4S. The molecule has 8 heteroatoms. The molecule has 1 amide bonds. The Morgan fingerprint density at radius 1 is 1.13 bits per heavy atom. The first-order valence-corrected chi connectivity index (χ1v) is 12.0. The van der Waals surface area contributed by atoms with Gasteiger partial charge in [-0.05, 0) is 68.1 Å². The second kappa shape index (κ2) is 10.2. The number of sulfonamides is 1. The highest BCUT2D eigenvalue weighted by atomic mass is 35.5. The van der Waals surface area contributed by atoms with Gasteiger partial charge in [0.2, 0.25) is 15.9 Å². The largest absolute Gasteiger partial charge is 0.492 e. The third-order valence-electron chi connectivity index (χ3n) is 4.60. The predicted molar refractivity (Wildman–Crippen MR) is 122 cm³/mol. The van der Waals surface area contributed by atoms with E-state index in [1.807, 2.05) is 32.9 Å². The normalized spacial score (nSPS) is 12.3. The van der Waals surface area contributed by atoms with Crippen LogP contribution in [0, 0.1) is 20.8 Å². The van der Waals surface area contributed by atoms with Gasteiger partial charge in [-0.3, -0.25) is 9.10 Å². The molecule has 0 saturated carbocycles. The third kappa shape index (κ3) is 6.37. The van der Waals surface area contributed by atoms with E-state index in [0.717, 1.165) is 33.0 Å². The van der Waals surface area contributed by atoms with E-state index in [0.29, 0.717) is 17.1 Å². The van der Waals surface area contributed by atoms with Gasteiger partial charge >= 0.3 is 0 Å². The fourth-order valence-corrected chi connectivity index (χ4v) is 4.63. The summed E-state index contributed by atoms with van der Waals surface area (Å²) in [5.74, 6) is 0.351. The number of rotatable bonds is 9. The van der Waals surface area contributed by atoms with Crippen molar-refractivity contribution in [2.45, 2.75) is 40.2 Å². The van der Waals surface area contributed by atoms with E-state index in [9.17, 15) is 13.2 Å². The smallest absolute Gasteiger partial charge is 0.244 e. The quantitative estimate of drug-likeness (QED) is 0.583. The van der Waals surface area contributed by atoms with Crippen molar-refractivity contribution < 1.29 is 17.9 Å². The van der Waals surface area contributed by atoms with Gasteiger partial charge in [0, 0.05) is 5.02 Å². The summed E-state index contributed by atoms with van der Waals surface area (Å²) in [5.41, 5.74) is 3.39. The van der Waals surface area contributed by atoms with Crippen LogP contribution < -0.4 is 14.4 Å². The molecule has 6 nitrogen and oxygen atoms in total. The van der Waals surface area contributed by atoms with E-state index in [1.165, 1.54) is 0 Å². The Morgan fingerprint density at radius 2 is 1.77 bits per heavy atom. The first-order chi connectivity index (χ1) is 14.0. The predicted octanol–water partition coefficient (Wildman–Crippen LogP) is 4.01. The summed E-state index contributed by atoms with van der Waals surface area (Å²) >= 11 is 6.18. The number of benzene rings is 2. The van der Waals surface area contributed by atoms with E-state index >= 15 is 0 Å². The summed E-state index contributed by atoms with van der Waals surface area (Å²) in [4.78, 5) is 12.8. The van der Waals surface area contributed by atoms with Gasteiger partial charge in [0.15, 0.2) is 0 Å². The van der Waals surface area contributed by atoms with Gasteiger partial charge in [0.1, 0.15) is 18.4 Å². The molecule has 0 bridgehead atoms. The number of hydrogen-bond acceptors (Lipinski definition) is 4. The molecular weight excluding hydrogens is 424 g/mol. The van der Waals surface area contributed by atoms with Gasteiger partial charge in [-0.25, -0.2) is 8.42 Å². The Balaban J connectivity index is 2.09. The molecule has 0 radical (unpaired) electrons. The van der Waals surface area contributed by atoms with Crippen LogP contribution in [0.25, 0.3) is 0 Å². The molecule has 2 aromatic rings. The molecule has 0 aromatic heterocycles. The van der Waals surface area contributed by atoms with Crippen molar-refractivity contribution in [1.29, 1.82) is 0 Å². The first kappa shape index (κ1) is 24.0. The second-order valence-corrected chi connectivity index (χ2v) is 9.65. The molecule has 0 spiro atoms. The number of hydrogen-bond donors (Lipinski definition) is 1. The van der Waals surface area contributed by atoms with Gasteiger partial charge in [0.05, 0.1) is 18.5 Å². The van der Waals surface area contributed by atoms with Crippen molar-refractivity contribution >= 4 is 33.2 Å². The summed E-state index contributed by atoms with van der Waals surface area (Å²) in [6, 6.07) is 9.97. The highest BCUT2D eigenvalue weighted by molar-refractivity contribution is 7.92. The van der Waals surface area contributed by atoms with Crippen molar-refractivity contribution in [3.05, 3.63) is 58.1 Å². The number of aryl methyl sites for hydroxylation is 3. The first-order valence-electron chi connectivity index (χ1n) is 9.77. The fourth-order valence-electron chi connectivity index (χ4n) is 3.26. The molecule has 0 aliphatic rings. The Hall–Kier alpha value is -2.25. The summed E-state index contributed by atoms with van der Waals surface area (Å²) < 4.78 is 31.8. The van der Waals surface area contributed by atoms with Gasteiger partial charge < -0.3 is 10.1 Å². The number of halogens is 1. The van der Waals surface area contributed by atoms with Crippen LogP contribution in [0.15, 0.2) is 36.4 Å². The van der Waals surface area contributed by atoms with Crippen LogP contribution in [0.3, 0.4) is 0 Å². The van der Waals surface area contributed by atoms with Crippen LogP contribution >= 0.6 is 11.6 Å². The lowest BCUT2D eigenvalue weighted by Gasteiger charge is -2.30. The van der Waals surface area contributed by atoms with E-state index in [-0.39, 0.29) is 19.1 Å². The molecule has 0 saturated heterocycles. The number of carbonyl (C=O) groups excluding carboxylic acids is 1. The van der Waals surface area contributed by atoms with E-state index in [1.54, 1.807) is 25.1 Å². The maximum atomic E-state index is 12.8. The lowest BCUT2D eigenvalue weighted by Crippen LogP contribution is -2.50. The minimum absolute atomic E-state index is 0.259. The Kier molecular flexibility index (Phi) is 8.15. The maximum absolute atomic E-state index is 12.8. The lowest BCUT2D eigenvalue weighted by atomic mass is 10.1. The van der Waals surface area contributed by atoms with Crippen molar-refractivity contribution in [2.75, 3.05) is 23.7 Å². The van der Waals surface area contributed by atoms with Gasteiger partial charge in [-0.1, -0.05) is 30.7 Å². The molecule has 0 heterocycles. The van der Waals surface area contributed by atoms with Crippen LogP contribution in [0.5, 0.6) is 5.75 Å². The van der Waals surface area contributed by atoms with Gasteiger partial charge in [-0.15, -0.1) is 0 Å². The Bertz CT molecular complexity index is 988. The standard InChI is InChI=1S/C22H29ClN2O4S/c1-6-21(25(30(5,27)28)18-8-7-17(4)20(23)14-18)22(26)24-9-10-29-19-12-15(2)11-16(3)13-19/h7-8,11-14,21H,6,9-10H2,1-5H3,(H,24,26). The molecule has 30 heavy (non-hydrogen) atoms. The van der Waals surface area contributed by atoms with Crippen LogP contribution in [-0.4, -0.2) is 39.8 Å². The number of carbonyl (C=O) groups is 1. The monoisotopic (exact) mass is 452 g/mol. The SMILES string of the molecule is CCC(C(=O)NCCOc1cc(C)cc(C)c1)N(c1ccc(C)c(Cl)c1)S(C)(=O)=O. The maximum Gasteiger partial charge on any atom is 0.244 e. The molecule has 2 aromatic carbocycles. The van der Waals surface area contributed by atoms with Crippen LogP contribution in [-0.2, 0) is 14.8 Å². The number of ether oxygens (including phenoxy) is 1. The average molecular weight is 453 g/mol. The number of nitrogens with one attached hydrogen (secondary N) is 1. The Labute approximate surface area is 184 Å². The van der Waals surface area contributed by atoms with Gasteiger partial charge in [-0.2, -0.15) is 0 Å². The van der Waals surface area contributed by atoms with Crippen LogP contribution in [0.1, 0.15) is 30.0 Å². The summed E-state index contributed by atoms with van der Waals surface area (Å²) in [6.07, 6.45) is 1.39. The van der Waals surface area contributed by atoms with Crippen LogP contribution in [0.2, 0.25) is 5.02 Å². The number of anilines is 1. The molecule has 1 atom stereocenters. The summed E-state index contributed by atoms with van der Waals surface area (Å²) in [6.45, 7) is 8.12. The van der Waals surface area contributed by atoms with Crippen molar-refractivity contribution in [3.8, 4) is 5.75 Å². The number of nitrogens with zero attached hydrogens (tertiary/aromatic N) is 1. The number of amides is 1. The molecule has 164 valence electrons.